The molecule has 0 amide bonds. The van der Waals surface area contributed by atoms with Crippen LogP contribution in [-0.4, -0.2) is 4.98 Å². The molecule has 1 rings (SSSR count). The molecule has 0 aliphatic heterocycles. The number of halogens is 5. The molecule has 1 aromatic heterocycles. The average Bonchev–Trinajstić information content (AvgIpc) is 1.99. The van der Waals surface area contributed by atoms with Crippen molar-refractivity contribution in [2.24, 2.45) is 0 Å². The molecule has 12 heavy (non-hydrogen) atoms. The van der Waals surface area contributed by atoms with Crippen LogP contribution in [0.25, 0.3) is 0 Å². The van der Waals surface area contributed by atoms with Crippen molar-refractivity contribution in [3.05, 3.63) is 23.5 Å². The Balaban J connectivity index is 3.21. The SMILES string of the molecule is FC(F)c1cc(Br)c(I)c(I)n1. The third-order valence-corrected chi connectivity index (χ3v) is 5.39. The monoisotopic (exact) mass is 459 g/mol. The predicted molar refractivity (Wildman–Crippen MR) is 62.3 cm³/mol. The summed E-state index contributed by atoms with van der Waals surface area (Å²) in [6.07, 6.45) is -2.51. The van der Waals surface area contributed by atoms with Gasteiger partial charge < -0.3 is 0 Å². The van der Waals surface area contributed by atoms with Crippen molar-refractivity contribution in [1.82, 2.24) is 4.98 Å². The van der Waals surface area contributed by atoms with E-state index in [-0.39, 0.29) is 5.69 Å². The Morgan fingerprint density at radius 1 is 1.42 bits per heavy atom. The van der Waals surface area contributed by atoms with Gasteiger partial charge in [0.1, 0.15) is 9.39 Å². The minimum absolute atomic E-state index is 0.188. The number of nitrogens with zero attached hydrogens (tertiary/aromatic N) is 1. The molecular formula is C6H2BrF2I2N. The van der Waals surface area contributed by atoms with E-state index in [0.717, 1.165) is 3.57 Å². The number of aromatic nitrogens is 1. The number of pyridine rings is 1. The second-order valence-corrected chi connectivity index (χ2v) is 4.89. The van der Waals surface area contributed by atoms with Gasteiger partial charge in [0, 0.05) is 4.47 Å². The van der Waals surface area contributed by atoms with Crippen LogP contribution in [0, 0.1) is 7.27 Å². The molecular weight excluding hydrogens is 458 g/mol. The van der Waals surface area contributed by atoms with Gasteiger partial charge in [-0.3, -0.25) is 0 Å². The molecule has 0 aliphatic carbocycles. The summed E-state index contributed by atoms with van der Waals surface area (Å²) < 4.78 is 26.5. The first-order valence-corrected chi connectivity index (χ1v) is 5.77. The van der Waals surface area contributed by atoms with Crippen molar-refractivity contribution in [3.63, 3.8) is 0 Å². The van der Waals surface area contributed by atoms with Gasteiger partial charge in [-0.05, 0) is 67.2 Å². The third kappa shape index (κ3) is 2.47. The lowest BCUT2D eigenvalue weighted by molar-refractivity contribution is 0.145. The molecule has 1 aromatic rings. The van der Waals surface area contributed by atoms with Gasteiger partial charge in [-0.1, -0.05) is 0 Å². The molecule has 0 unspecified atom stereocenters. The molecule has 0 N–H and O–H groups in total. The van der Waals surface area contributed by atoms with Gasteiger partial charge in [0.15, 0.2) is 0 Å². The zero-order valence-electron chi connectivity index (χ0n) is 5.49. The third-order valence-electron chi connectivity index (χ3n) is 1.12. The van der Waals surface area contributed by atoms with Crippen molar-refractivity contribution in [3.8, 4) is 0 Å². The second kappa shape index (κ2) is 4.45. The van der Waals surface area contributed by atoms with Gasteiger partial charge in [-0.2, -0.15) is 0 Å². The van der Waals surface area contributed by atoms with Crippen LogP contribution in [0.2, 0.25) is 0 Å². The molecule has 0 atom stereocenters. The highest BCUT2D eigenvalue weighted by atomic mass is 127. The van der Waals surface area contributed by atoms with Crippen LogP contribution < -0.4 is 0 Å². The lowest BCUT2D eigenvalue weighted by Gasteiger charge is -2.03. The molecule has 0 aromatic carbocycles. The van der Waals surface area contributed by atoms with E-state index >= 15 is 0 Å². The van der Waals surface area contributed by atoms with E-state index in [4.69, 9.17) is 0 Å². The molecule has 0 saturated heterocycles. The maximum Gasteiger partial charge on any atom is 0.280 e. The fraction of sp³-hybridized carbons (Fsp3) is 0.167. The number of alkyl halides is 2. The summed E-state index contributed by atoms with van der Waals surface area (Å²) in [5, 5.41) is 0. The Bertz CT molecular complexity index is 283. The van der Waals surface area contributed by atoms with Gasteiger partial charge in [-0.15, -0.1) is 0 Å². The Morgan fingerprint density at radius 2 is 2.00 bits per heavy atom. The van der Waals surface area contributed by atoms with Crippen LogP contribution in [0.15, 0.2) is 10.5 Å². The molecule has 0 fully saturated rings. The van der Waals surface area contributed by atoms with Crippen molar-refractivity contribution in [2.45, 2.75) is 6.43 Å². The molecule has 6 heteroatoms. The highest BCUT2D eigenvalue weighted by Gasteiger charge is 2.13. The second-order valence-electron chi connectivity index (χ2n) is 1.93. The summed E-state index contributed by atoms with van der Waals surface area (Å²) in [5.41, 5.74) is -0.188. The molecule has 0 bridgehead atoms. The lowest BCUT2D eigenvalue weighted by Crippen LogP contribution is -1.95. The van der Waals surface area contributed by atoms with Crippen LogP contribution in [0.3, 0.4) is 0 Å². The van der Waals surface area contributed by atoms with Crippen LogP contribution in [-0.2, 0) is 0 Å². The van der Waals surface area contributed by atoms with Crippen LogP contribution in [0.1, 0.15) is 12.1 Å². The van der Waals surface area contributed by atoms with E-state index in [0.29, 0.717) is 8.17 Å². The zero-order chi connectivity index (χ0) is 9.30. The maximum absolute atomic E-state index is 12.2. The molecule has 0 aliphatic rings. The highest BCUT2D eigenvalue weighted by molar-refractivity contribution is 14.1. The average molecular weight is 460 g/mol. The molecule has 0 spiro atoms. The van der Waals surface area contributed by atoms with Crippen LogP contribution >= 0.6 is 61.1 Å². The summed E-state index contributed by atoms with van der Waals surface area (Å²) in [6, 6.07) is 1.34. The molecule has 66 valence electrons. The van der Waals surface area contributed by atoms with E-state index < -0.39 is 6.43 Å². The molecule has 0 radical (unpaired) electrons. The molecule has 1 heterocycles. The minimum Gasteiger partial charge on any atom is -0.240 e. The first-order chi connectivity index (χ1) is 5.52. The largest absolute Gasteiger partial charge is 0.280 e. The van der Waals surface area contributed by atoms with Crippen LogP contribution in [0.4, 0.5) is 8.78 Å². The highest BCUT2D eigenvalue weighted by Crippen LogP contribution is 2.27. The van der Waals surface area contributed by atoms with Gasteiger partial charge in [-0.25, -0.2) is 13.8 Å². The van der Waals surface area contributed by atoms with Gasteiger partial charge in [0.05, 0.1) is 3.57 Å². The molecule has 1 nitrogen and oxygen atoms in total. The lowest BCUT2D eigenvalue weighted by atomic mass is 10.4. The van der Waals surface area contributed by atoms with Gasteiger partial charge in [0.25, 0.3) is 6.43 Å². The topological polar surface area (TPSA) is 12.9 Å². The minimum atomic E-state index is -2.51. The summed E-state index contributed by atoms with van der Waals surface area (Å²) >= 11 is 7.15. The summed E-state index contributed by atoms with van der Waals surface area (Å²) in [6.45, 7) is 0. The maximum atomic E-state index is 12.2. The van der Waals surface area contributed by atoms with Crippen molar-refractivity contribution in [2.75, 3.05) is 0 Å². The van der Waals surface area contributed by atoms with E-state index in [2.05, 4.69) is 20.9 Å². The fourth-order valence-electron chi connectivity index (χ4n) is 0.598. The van der Waals surface area contributed by atoms with E-state index in [9.17, 15) is 8.78 Å². The van der Waals surface area contributed by atoms with Crippen molar-refractivity contribution >= 4 is 61.1 Å². The first-order valence-electron chi connectivity index (χ1n) is 2.82. The van der Waals surface area contributed by atoms with Crippen molar-refractivity contribution in [1.29, 1.82) is 0 Å². The van der Waals surface area contributed by atoms with E-state index in [1.807, 2.05) is 45.2 Å². The zero-order valence-corrected chi connectivity index (χ0v) is 11.4. The smallest absolute Gasteiger partial charge is 0.240 e. The summed E-state index contributed by atoms with van der Waals surface area (Å²) in [4.78, 5) is 3.73. The Hall–Kier alpha value is 0.950. The van der Waals surface area contributed by atoms with Gasteiger partial charge in [0.2, 0.25) is 0 Å². The quantitative estimate of drug-likeness (QED) is 0.457. The fourth-order valence-corrected chi connectivity index (χ4v) is 2.24. The first kappa shape index (κ1) is 11.0. The standard InChI is InChI=1S/C6H2BrF2I2N/c7-2-1-3(5(8)9)12-6(11)4(2)10/h1,5H. The van der Waals surface area contributed by atoms with Gasteiger partial charge >= 0.3 is 0 Å². The Labute approximate surface area is 104 Å². The number of rotatable bonds is 1. The number of hydrogen-bond acceptors (Lipinski definition) is 1. The molecule has 0 saturated carbocycles. The normalized spacial score (nSPS) is 10.8. The van der Waals surface area contributed by atoms with Crippen LogP contribution in [0.5, 0.6) is 0 Å². The summed E-state index contributed by atoms with van der Waals surface area (Å²) in [7, 11) is 0. The predicted octanol–water partition coefficient (Wildman–Crippen LogP) is 3.99. The Morgan fingerprint density at radius 3 is 2.42 bits per heavy atom. The summed E-state index contributed by atoms with van der Waals surface area (Å²) in [5.74, 6) is 0. The van der Waals surface area contributed by atoms with Crippen molar-refractivity contribution < 1.29 is 8.78 Å². The number of hydrogen-bond donors (Lipinski definition) is 0. The van der Waals surface area contributed by atoms with E-state index in [1.54, 1.807) is 0 Å². The van der Waals surface area contributed by atoms with E-state index in [1.165, 1.54) is 6.07 Å². The Kier molecular flexibility index (Phi) is 4.09.